The van der Waals surface area contributed by atoms with Gasteiger partial charge in [-0.1, -0.05) is 0 Å². The van der Waals surface area contributed by atoms with Crippen LogP contribution in [0, 0.1) is 6.92 Å². The van der Waals surface area contributed by atoms with Crippen LogP contribution >= 0.6 is 0 Å². The van der Waals surface area contributed by atoms with Gasteiger partial charge in [0.2, 0.25) is 5.91 Å². The molecule has 1 spiro atoms. The van der Waals surface area contributed by atoms with Crippen LogP contribution in [0.15, 0.2) is 18.5 Å². The number of amides is 1. The highest BCUT2D eigenvalue weighted by atomic mass is 16.5. The standard InChI is InChI=1S/C20H31N3O3/c1-17-15-21-8-3-18(17)4-9-22-10-5-20(6-13-26-14-7-20)23(12-11-22)19(24)16-25-2/h3,8,15H,4-7,9-14,16H2,1-2H3. The highest BCUT2D eigenvalue weighted by Crippen LogP contribution is 2.33. The largest absolute Gasteiger partial charge is 0.381 e. The van der Waals surface area contributed by atoms with Gasteiger partial charge in [-0.2, -0.15) is 0 Å². The molecule has 0 N–H and O–H groups in total. The van der Waals surface area contributed by atoms with Crippen LogP contribution in [0.25, 0.3) is 0 Å². The molecule has 144 valence electrons. The Labute approximate surface area is 156 Å². The molecule has 26 heavy (non-hydrogen) atoms. The van der Waals surface area contributed by atoms with E-state index in [1.54, 1.807) is 7.11 Å². The van der Waals surface area contributed by atoms with E-state index in [1.807, 2.05) is 12.4 Å². The van der Waals surface area contributed by atoms with Gasteiger partial charge in [0.05, 0.1) is 0 Å². The van der Waals surface area contributed by atoms with Gasteiger partial charge < -0.3 is 19.3 Å². The van der Waals surface area contributed by atoms with Gasteiger partial charge >= 0.3 is 0 Å². The van der Waals surface area contributed by atoms with Gasteiger partial charge in [-0.3, -0.25) is 9.78 Å². The highest BCUT2D eigenvalue weighted by Gasteiger charge is 2.42. The van der Waals surface area contributed by atoms with Crippen LogP contribution in [0.2, 0.25) is 0 Å². The van der Waals surface area contributed by atoms with Crippen LogP contribution in [-0.2, 0) is 20.7 Å². The number of hydrogen-bond donors (Lipinski definition) is 0. The first kappa shape index (κ1) is 19.3. The van der Waals surface area contributed by atoms with Crippen LogP contribution in [0.3, 0.4) is 0 Å². The molecule has 2 aliphatic heterocycles. The van der Waals surface area contributed by atoms with Crippen molar-refractivity contribution in [3.05, 3.63) is 29.6 Å². The van der Waals surface area contributed by atoms with Crippen LogP contribution in [0.1, 0.15) is 30.4 Å². The van der Waals surface area contributed by atoms with Crippen molar-refractivity contribution >= 4 is 5.91 Å². The van der Waals surface area contributed by atoms with E-state index in [-0.39, 0.29) is 18.1 Å². The van der Waals surface area contributed by atoms with Crippen molar-refractivity contribution in [2.45, 2.75) is 38.1 Å². The maximum absolute atomic E-state index is 12.7. The summed E-state index contributed by atoms with van der Waals surface area (Å²) >= 11 is 0. The van der Waals surface area contributed by atoms with E-state index >= 15 is 0 Å². The topological polar surface area (TPSA) is 54.9 Å². The van der Waals surface area contributed by atoms with Gasteiger partial charge in [0.15, 0.2) is 0 Å². The van der Waals surface area contributed by atoms with E-state index in [1.165, 1.54) is 11.1 Å². The Morgan fingerprint density at radius 3 is 2.81 bits per heavy atom. The summed E-state index contributed by atoms with van der Waals surface area (Å²) < 4.78 is 10.7. The predicted octanol–water partition coefficient (Wildman–Crippen LogP) is 1.66. The average molecular weight is 361 g/mol. The molecular formula is C20H31N3O3. The number of rotatable bonds is 5. The van der Waals surface area contributed by atoms with E-state index in [4.69, 9.17) is 9.47 Å². The number of methoxy groups -OCH3 is 1. The van der Waals surface area contributed by atoms with Gasteiger partial charge in [-0.15, -0.1) is 0 Å². The lowest BCUT2D eigenvalue weighted by Crippen LogP contribution is -2.55. The normalized spacial score (nSPS) is 20.9. The summed E-state index contributed by atoms with van der Waals surface area (Å²) in [5.41, 5.74) is 2.55. The third-order valence-electron chi connectivity index (χ3n) is 5.93. The fourth-order valence-corrected chi connectivity index (χ4v) is 4.24. The summed E-state index contributed by atoms with van der Waals surface area (Å²) in [5.74, 6) is 0.112. The van der Waals surface area contributed by atoms with E-state index in [0.29, 0.717) is 0 Å². The average Bonchev–Trinajstić information content (AvgIpc) is 2.82. The molecule has 2 aliphatic rings. The lowest BCUT2D eigenvalue weighted by atomic mass is 9.84. The molecule has 1 aromatic rings. The lowest BCUT2D eigenvalue weighted by Gasteiger charge is -2.45. The Bertz CT molecular complexity index is 602. The van der Waals surface area contributed by atoms with Gasteiger partial charge in [-0.25, -0.2) is 0 Å². The first-order chi connectivity index (χ1) is 12.6. The van der Waals surface area contributed by atoms with Crippen LogP contribution in [-0.4, -0.2) is 79.3 Å². The Morgan fingerprint density at radius 2 is 2.08 bits per heavy atom. The van der Waals surface area contributed by atoms with Crippen LogP contribution in [0.5, 0.6) is 0 Å². The maximum atomic E-state index is 12.7. The second-order valence-corrected chi connectivity index (χ2v) is 7.46. The fraction of sp³-hybridized carbons (Fsp3) is 0.700. The summed E-state index contributed by atoms with van der Waals surface area (Å²) in [6.45, 7) is 7.51. The lowest BCUT2D eigenvalue weighted by molar-refractivity contribution is -0.145. The van der Waals surface area contributed by atoms with Crippen molar-refractivity contribution in [3.63, 3.8) is 0 Å². The Balaban J connectivity index is 1.66. The fourth-order valence-electron chi connectivity index (χ4n) is 4.24. The summed E-state index contributed by atoms with van der Waals surface area (Å²) in [4.78, 5) is 21.5. The summed E-state index contributed by atoms with van der Waals surface area (Å²) in [6.07, 6.45) is 7.70. The second kappa shape index (κ2) is 8.93. The van der Waals surface area contributed by atoms with Gasteiger partial charge in [0.1, 0.15) is 6.61 Å². The Morgan fingerprint density at radius 1 is 1.27 bits per heavy atom. The molecule has 6 nitrogen and oxygen atoms in total. The number of pyridine rings is 1. The molecule has 3 rings (SSSR count). The SMILES string of the molecule is COCC(=O)N1CCN(CCc2ccncc2C)CCC12CCOCC2. The maximum Gasteiger partial charge on any atom is 0.249 e. The van der Waals surface area contributed by atoms with Crippen molar-refractivity contribution in [3.8, 4) is 0 Å². The minimum Gasteiger partial charge on any atom is -0.381 e. The van der Waals surface area contributed by atoms with Gasteiger partial charge in [-0.05, 0) is 49.8 Å². The van der Waals surface area contributed by atoms with Crippen molar-refractivity contribution in [2.75, 3.05) is 53.1 Å². The summed E-state index contributed by atoms with van der Waals surface area (Å²) in [5, 5.41) is 0. The van der Waals surface area contributed by atoms with E-state index in [0.717, 1.165) is 65.1 Å². The van der Waals surface area contributed by atoms with E-state index in [2.05, 4.69) is 27.8 Å². The molecule has 0 aliphatic carbocycles. The van der Waals surface area contributed by atoms with E-state index < -0.39 is 0 Å². The highest BCUT2D eigenvalue weighted by molar-refractivity contribution is 5.78. The number of aromatic nitrogens is 1. The molecule has 2 saturated heterocycles. The third kappa shape index (κ3) is 4.42. The molecule has 1 aromatic heterocycles. The third-order valence-corrected chi connectivity index (χ3v) is 5.93. The number of nitrogens with zero attached hydrogens (tertiary/aromatic N) is 3. The molecule has 1 amide bonds. The number of carbonyl (C=O) groups excluding carboxylic acids is 1. The number of carbonyl (C=O) groups is 1. The van der Waals surface area contributed by atoms with Crippen LogP contribution < -0.4 is 0 Å². The monoisotopic (exact) mass is 361 g/mol. The molecule has 0 unspecified atom stereocenters. The zero-order valence-corrected chi connectivity index (χ0v) is 16.1. The first-order valence-corrected chi connectivity index (χ1v) is 9.64. The Hall–Kier alpha value is -1.50. The van der Waals surface area contributed by atoms with E-state index in [9.17, 15) is 4.79 Å². The molecule has 0 atom stereocenters. The predicted molar refractivity (Wildman–Crippen MR) is 100 cm³/mol. The number of aryl methyl sites for hydroxylation is 1. The summed E-state index contributed by atoms with van der Waals surface area (Å²) in [7, 11) is 1.59. The minimum absolute atomic E-state index is 0.0603. The molecule has 0 aromatic carbocycles. The summed E-state index contributed by atoms with van der Waals surface area (Å²) in [6, 6.07) is 2.11. The smallest absolute Gasteiger partial charge is 0.249 e. The molecular weight excluding hydrogens is 330 g/mol. The quantitative estimate of drug-likeness (QED) is 0.798. The molecule has 2 fully saturated rings. The molecule has 0 saturated carbocycles. The van der Waals surface area contributed by atoms with Crippen molar-refractivity contribution in [1.29, 1.82) is 0 Å². The minimum atomic E-state index is -0.0603. The van der Waals surface area contributed by atoms with Crippen molar-refractivity contribution in [1.82, 2.24) is 14.8 Å². The Kier molecular flexibility index (Phi) is 6.62. The zero-order chi connectivity index (χ0) is 18.4. The van der Waals surface area contributed by atoms with Gasteiger partial charge in [0.25, 0.3) is 0 Å². The number of hydrogen-bond acceptors (Lipinski definition) is 5. The van der Waals surface area contributed by atoms with Crippen LogP contribution in [0.4, 0.5) is 0 Å². The molecule has 6 heteroatoms. The first-order valence-electron chi connectivity index (χ1n) is 9.64. The molecule has 0 bridgehead atoms. The molecule has 3 heterocycles. The molecule has 0 radical (unpaired) electrons. The zero-order valence-electron chi connectivity index (χ0n) is 16.1. The van der Waals surface area contributed by atoms with Crippen molar-refractivity contribution < 1.29 is 14.3 Å². The van der Waals surface area contributed by atoms with Crippen molar-refractivity contribution in [2.24, 2.45) is 0 Å². The number of ether oxygens (including phenoxy) is 2. The van der Waals surface area contributed by atoms with Gasteiger partial charge in [0, 0.05) is 64.4 Å². The second-order valence-electron chi connectivity index (χ2n) is 7.46.